The molecule has 2 N–H and O–H groups in total. The standard InChI is InChI=1S/C15H19N3/c1-10-15-13(8-11-9-16-6-7-18(10)11)12-4-2-3-5-14(12)17-15/h2-5,10-11,16-17H,6-9H2,1H3/t10-,11+/m0/s1. The number of aromatic amines is 1. The molecule has 2 atom stereocenters. The van der Waals surface area contributed by atoms with Crippen LogP contribution in [0.3, 0.4) is 0 Å². The second-order valence-corrected chi connectivity index (χ2v) is 5.54. The molecule has 18 heavy (non-hydrogen) atoms. The number of hydrogen-bond acceptors (Lipinski definition) is 2. The van der Waals surface area contributed by atoms with Crippen LogP contribution in [0.1, 0.15) is 24.2 Å². The van der Waals surface area contributed by atoms with Crippen LogP contribution in [0.4, 0.5) is 0 Å². The lowest BCUT2D eigenvalue weighted by Crippen LogP contribution is -2.54. The summed E-state index contributed by atoms with van der Waals surface area (Å²) in [6.45, 7) is 5.76. The van der Waals surface area contributed by atoms with Crippen LogP contribution in [0.5, 0.6) is 0 Å². The van der Waals surface area contributed by atoms with Crippen molar-refractivity contribution in [1.29, 1.82) is 0 Å². The number of rotatable bonds is 0. The van der Waals surface area contributed by atoms with Crippen molar-refractivity contribution in [3.05, 3.63) is 35.5 Å². The van der Waals surface area contributed by atoms with Gasteiger partial charge in [-0.2, -0.15) is 0 Å². The maximum Gasteiger partial charge on any atom is 0.0477 e. The fraction of sp³-hybridized carbons (Fsp3) is 0.467. The van der Waals surface area contributed by atoms with E-state index in [-0.39, 0.29) is 0 Å². The highest BCUT2D eigenvalue weighted by Crippen LogP contribution is 2.36. The molecule has 0 saturated carbocycles. The summed E-state index contributed by atoms with van der Waals surface area (Å²) in [5, 5.41) is 4.94. The van der Waals surface area contributed by atoms with Gasteiger partial charge in [-0.3, -0.25) is 4.90 Å². The van der Waals surface area contributed by atoms with Crippen molar-refractivity contribution < 1.29 is 0 Å². The van der Waals surface area contributed by atoms with Gasteiger partial charge >= 0.3 is 0 Å². The van der Waals surface area contributed by atoms with E-state index in [0.717, 1.165) is 13.1 Å². The van der Waals surface area contributed by atoms with E-state index < -0.39 is 0 Å². The number of para-hydroxylation sites is 1. The third-order valence-electron chi connectivity index (χ3n) is 4.60. The zero-order valence-corrected chi connectivity index (χ0v) is 10.7. The number of aromatic nitrogens is 1. The van der Waals surface area contributed by atoms with Crippen LogP contribution in [-0.4, -0.2) is 35.6 Å². The normalized spacial score (nSPS) is 28.1. The van der Waals surface area contributed by atoms with Gasteiger partial charge in [0.25, 0.3) is 0 Å². The minimum atomic E-state index is 0.522. The lowest BCUT2D eigenvalue weighted by molar-refractivity contribution is 0.0999. The molecular weight excluding hydrogens is 222 g/mol. The van der Waals surface area contributed by atoms with Gasteiger partial charge in [-0.05, 0) is 25.0 Å². The Morgan fingerprint density at radius 3 is 3.11 bits per heavy atom. The Morgan fingerprint density at radius 2 is 2.17 bits per heavy atom. The molecule has 0 spiro atoms. The van der Waals surface area contributed by atoms with Gasteiger partial charge in [0.1, 0.15) is 0 Å². The van der Waals surface area contributed by atoms with Gasteiger partial charge in [0.15, 0.2) is 0 Å². The van der Waals surface area contributed by atoms with Gasteiger partial charge in [0, 0.05) is 48.3 Å². The second-order valence-electron chi connectivity index (χ2n) is 5.54. The predicted octanol–water partition coefficient (Wildman–Crippen LogP) is 2.06. The largest absolute Gasteiger partial charge is 0.357 e. The van der Waals surface area contributed by atoms with E-state index in [4.69, 9.17) is 0 Å². The summed E-state index contributed by atoms with van der Waals surface area (Å²) >= 11 is 0. The molecule has 1 saturated heterocycles. The molecule has 0 bridgehead atoms. The zero-order chi connectivity index (χ0) is 12.1. The molecular formula is C15H19N3. The minimum absolute atomic E-state index is 0.522. The molecule has 0 unspecified atom stereocenters. The number of nitrogens with zero attached hydrogens (tertiary/aromatic N) is 1. The van der Waals surface area contributed by atoms with Crippen molar-refractivity contribution in [3.8, 4) is 0 Å². The Morgan fingerprint density at radius 1 is 1.28 bits per heavy atom. The lowest BCUT2D eigenvalue weighted by Gasteiger charge is -2.43. The zero-order valence-electron chi connectivity index (χ0n) is 10.7. The quantitative estimate of drug-likeness (QED) is 0.739. The van der Waals surface area contributed by atoms with Crippen LogP contribution < -0.4 is 5.32 Å². The molecule has 4 rings (SSSR count). The molecule has 0 aliphatic carbocycles. The number of piperazine rings is 1. The third kappa shape index (κ3) is 1.38. The van der Waals surface area contributed by atoms with E-state index in [1.807, 2.05) is 0 Å². The van der Waals surface area contributed by atoms with Gasteiger partial charge in [-0.25, -0.2) is 0 Å². The fourth-order valence-electron chi connectivity index (χ4n) is 3.67. The summed E-state index contributed by atoms with van der Waals surface area (Å²) < 4.78 is 0. The molecule has 0 amide bonds. The SMILES string of the molecule is C[C@H]1c2[nH]c3ccccc3c2C[C@@H]2CNCCN21. The first-order valence-corrected chi connectivity index (χ1v) is 6.90. The van der Waals surface area contributed by atoms with E-state index in [0.29, 0.717) is 12.1 Å². The molecule has 2 aliphatic heterocycles. The van der Waals surface area contributed by atoms with Gasteiger partial charge < -0.3 is 10.3 Å². The summed E-state index contributed by atoms with van der Waals surface area (Å²) in [6, 6.07) is 9.89. The number of hydrogen-bond donors (Lipinski definition) is 2. The summed E-state index contributed by atoms with van der Waals surface area (Å²) in [7, 11) is 0. The molecule has 1 aromatic carbocycles. The van der Waals surface area contributed by atoms with Gasteiger partial charge in [-0.1, -0.05) is 18.2 Å². The number of benzene rings is 1. The molecule has 2 aliphatic rings. The Kier molecular flexibility index (Phi) is 2.26. The lowest BCUT2D eigenvalue weighted by atomic mass is 9.91. The first-order chi connectivity index (χ1) is 8.84. The maximum atomic E-state index is 3.64. The monoisotopic (exact) mass is 241 g/mol. The van der Waals surface area contributed by atoms with E-state index in [1.165, 1.54) is 29.6 Å². The van der Waals surface area contributed by atoms with Crippen molar-refractivity contribution in [3.63, 3.8) is 0 Å². The Bertz CT molecular complexity index is 586. The van der Waals surface area contributed by atoms with Crippen LogP contribution in [0.25, 0.3) is 10.9 Å². The van der Waals surface area contributed by atoms with Crippen molar-refractivity contribution in [2.45, 2.75) is 25.4 Å². The highest BCUT2D eigenvalue weighted by atomic mass is 15.3. The first kappa shape index (κ1) is 10.6. The molecule has 0 radical (unpaired) electrons. The second kappa shape index (κ2) is 3.84. The first-order valence-electron chi connectivity index (χ1n) is 6.90. The number of fused-ring (bicyclic) bond motifs is 4. The van der Waals surface area contributed by atoms with E-state index >= 15 is 0 Å². The van der Waals surface area contributed by atoms with Crippen LogP contribution in [0.15, 0.2) is 24.3 Å². The molecule has 3 heterocycles. The third-order valence-corrected chi connectivity index (χ3v) is 4.60. The van der Waals surface area contributed by atoms with Gasteiger partial charge in [0.2, 0.25) is 0 Å². The Hall–Kier alpha value is -1.32. The van der Waals surface area contributed by atoms with Crippen molar-refractivity contribution in [2.75, 3.05) is 19.6 Å². The van der Waals surface area contributed by atoms with Crippen molar-refractivity contribution >= 4 is 10.9 Å². The van der Waals surface area contributed by atoms with Crippen molar-refractivity contribution in [2.24, 2.45) is 0 Å². The van der Waals surface area contributed by atoms with Crippen LogP contribution in [0, 0.1) is 0 Å². The topological polar surface area (TPSA) is 31.1 Å². The van der Waals surface area contributed by atoms with Crippen LogP contribution >= 0.6 is 0 Å². The summed E-state index contributed by atoms with van der Waals surface area (Å²) in [4.78, 5) is 6.28. The van der Waals surface area contributed by atoms with Crippen LogP contribution in [-0.2, 0) is 6.42 Å². The summed E-state index contributed by atoms with van der Waals surface area (Å²) in [6.07, 6.45) is 1.18. The van der Waals surface area contributed by atoms with Gasteiger partial charge in [0.05, 0.1) is 0 Å². The van der Waals surface area contributed by atoms with E-state index in [2.05, 4.69) is 46.4 Å². The smallest absolute Gasteiger partial charge is 0.0477 e. The predicted molar refractivity (Wildman–Crippen MR) is 73.8 cm³/mol. The molecule has 2 aromatic rings. The van der Waals surface area contributed by atoms with Crippen LogP contribution in [0.2, 0.25) is 0 Å². The highest BCUT2D eigenvalue weighted by molar-refractivity contribution is 5.85. The summed E-state index contributed by atoms with van der Waals surface area (Å²) in [5.41, 5.74) is 4.28. The average Bonchev–Trinajstić information content (AvgIpc) is 2.79. The fourth-order valence-corrected chi connectivity index (χ4v) is 3.67. The minimum Gasteiger partial charge on any atom is -0.357 e. The van der Waals surface area contributed by atoms with Crippen molar-refractivity contribution in [1.82, 2.24) is 15.2 Å². The van der Waals surface area contributed by atoms with E-state index in [9.17, 15) is 0 Å². The molecule has 1 aromatic heterocycles. The highest BCUT2D eigenvalue weighted by Gasteiger charge is 2.35. The number of nitrogens with one attached hydrogen (secondary N) is 2. The maximum absolute atomic E-state index is 3.64. The number of H-pyrrole nitrogens is 1. The Labute approximate surface area is 107 Å². The summed E-state index contributed by atoms with van der Waals surface area (Å²) in [5.74, 6) is 0. The Balaban J connectivity index is 1.88. The molecule has 3 heteroatoms. The van der Waals surface area contributed by atoms with E-state index in [1.54, 1.807) is 5.56 Å². The average molecular weight is 241 g/mol. The molecule has 94 valence electrons. The van der Waals surface area contributed by atoms with Gasteiger partial charge in [-0.15, -0.1) is 0 Å². The molecule has 1 fully saturated rings. The molecule has 3 nitrogen and oxygen atoms in total.